The van der Waals surface area contributed by atoms with Crippen molar-refractivity contribution in [3.63, 3.8) is 0 Å². The topological polar surface area (TPSA) is 29.5 Å². The zero-order chi connectivity index (χ0) is 12.3. The number of methoxy groups -OCH3 is 1. The van der Waals surface area contributed by atoms with Crippen molar-refractivity contribution in [1.29, 1.82) is 0 Å². The van der Waals surface area contributed by atoms with Gasteiger partial charge in [-0.05, 0) is 46.2 Å². The Balaban J connectivity index is 2.20. The molecule has 0 aliphatic rings. The average molecular weight is 313 g/mol. The first kappa shape index (κ1) is 12.6. The molecule has 2 nitrogen and oxygen atoms in total. The van der Waals surface area contributed by atoms with E-state index < -0.39 is 6.10 Å². The Kier molecular flexibility index (Phi) is 4.20. The van der Waals surface area contributed by atoms with Crippen LogP contribution in [0.1, 0.15) is 17.2 Å². The zero-order valence-corrected chi connectivity index (χ0v) is 11.8. The van der Waals surface area contributed by atoms with Crippen LogP contribution in [-0.2, 0) is 6.42 Å². The van der Waals surface area contributed by atoms with Crippen LogP contribution in [0.2, 0.25) is 0 Å². The van der Waals surface area contributed by atoms with E-state index in [2.05, 4.69) is 21.3 Å². The molecule has 0 radical (unpaired) electrons. The molecule has 0 saturated heterocycles. The Bertz CT molecular complexity index is 482. The van der Waals surface area contributed by atoms with Crippen LogP contribution in [0.4, 0.5) is 0 Å². The Morgan fingerprint density at radius 1 is 1.41 bits per heavy atom. The highest BCUT2D eigenvalue weighted by atomic mass is 79.9. The number of halogens is 1. The summed E-state index contributed by atoms with van der Waals surface area (Å²) in [6, 6.07) is 7.65. The summed E-state index contributed by atoms with van der Waals surface area (Å²) in [6.07, 6.45) is 0.101. The summed E-state index contributed by atoms with van der Waals surface area (Å²) in [7, 11) is 1.62. The van der Waals surface area contributed by atoms with E-state index in [9.17, 15) is 5.11 Å². The van der Waals surface area contributed by atoms with Gasteiger partial charge in [-0.15, -0.1) is 0 Å². The molecule has 0 spiro atoms. The predicted molar refractivity (Wildman–Crippen MR) is 73.7 cm³/mol. The smallest absolute Gasteiger partial charge is 0.119 e. The number of aliphatic hydroxyl groups is 1. The minimum absolute atomic E-state index is 0.519. The summed E-state index contributed by atoms with van der Waals surface area (Å²) in [5.41, 5.74) is 2.01. The number of hydrogen-bond acceptors (Lipinski definition) is 3. The second kappa shape index (κ2) is 5.67. The Labute approximate surface area is 113 Å². The Hall–Kier alpha value is -0.840. The van der Waals surface area contributed by atoms with Crippen molar-refractivity contribution in [3.8, 4) is 5.75 Å². The largest absolute Gasteiger partial charge is 0.497 e. The van der Waals surface area contributed by atoms with Crippen molar-refractivity contribution < 1.29 is 9.84 Å². The zero-order valence-electron chi connectivity index (χ0n) is 9.39. The number of hydrogen-bond donors (Lipinski definition) is 1. The highest BCUT2D eigenvalue weighted by Gasteiger charge is 2.13. The lowest BCUT2D eigenvalue weighted by atomic mass is 10.0. The van der Waals surface area contributed by atoms with Crippen LogP contribution in [0.3, 0.4) is 0 Å². The van der Waals surface area contributed by atoms with E-state index in [0.717, 1.165) is 21.3 Å². The lowest BCUT2D eigenvalue weighted by Gasteiger charge is -2.13. The number of ether oxygens (including phenoxy) is 1. The minimum Gasteiger partial charge on any atom is -0.497 e. The van der Waals surface area contributed by atoms with Gasteiger partial charge < -0.3 is 9.84 Å². The van der Waals surface area contributed by atoms with Crippen molar-refractivity contribution in [2.24, 2.45) is 0 Å². The SMILES string of the molecule is COc1ccc(Br)c(C(O)Cc2ccsc2)c1. The van der Waals surface area contributed by atoms with E-state index in [1.807, 2.05) is 29.6 Å². The first-order chi connectivity index (χ1) is 8.20. The van der Waals surface area contributed by atoms with Gasteiger partial charge in [0.25, 0.3) is 0 Å². The van der Waals surface area contributed by atoms with Gasteiger partial charge >= 0.3 is 0 Å². The van der Waals surface area contributed by atoms with Crippen molar-refractivity contribution in [2.45, 2.75) is 12.5 Å². The molecule has 1 aromatic heterocycles. The average Bonchev–Trinajstić information content (AvgIpc) is 2.82. The van der Waals surface area contributed by atoms with E-state index in [-0.39, 0.29) is 0 Å². The summed E-state index contributed by atoms with van der Waals surface area (Å²) in [6.45, 7) is 0. The van der Waals surface area contributed by atoms with E-state index in [0.29, 0.717) is 6.42 Å². The van der Waals surface area contributed by atoms with Gasteiger partial charge in [-0.25, -0.2) is 0 Å². The molecule has 1 heterocycles. The second-order valence-electron chi connectivity index (χ2n) is 3.74. The Morgan fingerprint density at radius 3 is 2.88 bits per heavy atom. The summed E-state index contributed by atoms with van der Waals surface area (Å²) in [4.78, 5) is 0. The van der Waals surface area contributed by atoms with Crippen molar-refractivity contribution >= 4 is 27.3 Å². The highest BCUT2D eigenvalue weighted by molar-refractivity contribution is 9.10. The lowest BCUT2D eigenvalue weighted by molar-refractivity contribution is 0.177. The maximum Gasteiger partial charge on any atom is 0.119 e. The maximum absolute atomic E-state index is 10.2. The van der Waals surface area contributed by atoms with E-state index in [1.165, 1.54) is 0 Å². The lowest BCUT2D eigenvalue weighted by Crippen LogP contribution is -2.02. The number of rotatable bonds is 4. The molecule has 2 aromatic rings. The molecule has 0 aliphatic heterocycles. The molecule has 1 unspecified atom stereocenters. The Morgan fingerprint density at radius 2 is 2.24 bits per heavy atom. The molecular formula is C13H13BrO2S. The van der Waals surface area contributed by atoms with E-state index in [4.69, 9.17) is 4.74 Å². The fourth-order valence-corrected chi connectivity index (χ4v) is 2.84. The molecule has 1 aromatic carbocycles. The van der Waals surface area contributed by atoms with Crippen LogP contribution in [0.5, 0.6) is 5.75 Å². The van der Waals surface area contributed by atoms with Gasteiger partial charge in [-0.2, -0.15) is 11.3 Å². The highest BCUT2D eigenvalue weighted by Crippen LogP contribution is 2.30. The molecule has 4 heteroatoms. The third kappa shape index (κ3) is 3.09. The fraction of sp³-hybridized carbons (Fsp3) is 0.231. The summed E-state index contributed by atoms with van der Waals surface area (Å²) in [5.74, 6) is 0.757. The second-order valence-corrected chi connectivity index (χ2v) is 5.37. The molecule has 0 saturated carbocycles. The summed E-state index contributed by atoms with van der Waals surface area (Å²) in [5, 5.41) is 14.3. The first-order valence-corrected chi connectivity index (χ1v) is 6.97. The fourth-order valence-electron chi connectivity index (χ4n) is 1.65. The predicted octanol–water partition coefficient (Wildman–Crippen LogP) is 3.80. The van der Waals surface area contributed by atoms with E-state index in [1.54, 1.807) is 18.4 Å². The summed E-state index contributed by atoms with van der Waals surface area (Å²) >= 11 is 5.09. The number of aliphatic hydroxyl groups excluding tert-OH is 1. The molecule has 17 heavy (non-hydrogen) atoms. The van der Waals surface area contributed by atoms with Gasteiger partial charge in [0, 0.05) is 10.9 Å². The normalized spacial score (nSPS) is 12.4. The van der Waals surface area contributed by atoms with Gasteiger partial charge in [0.2, 0.25) is 0 Å². The number of benzene rings is 1. The standard InChI is InChI=1S/C13H13BrO2S/c1-16-10-2-3-12(14)11(7-10)13(15)6-9-4-5-17-8-9/h2-5,7-8,13,15H,6H2,1H3. The summed E-state index contributed by atoms with van der Waals surface area (Å²) < 4.78 is 6.07. The van der Waals surface area contributed by atoms with Crippen LogP contribution in [0.15, 0.2) is 39.5 Å². The van der Waals surface area contributed by atoms with Crippen LogP contribution in [0, 0.1) is 0 Å². The van der Waals surface area contributed by atoms with Gasteiger partial charge in [-0.1, -0.05) is 15.9 Å². The van der Waals surface area contributed by atoms with Gasteiger partial charge in [0.15, 0.2) is 0 Å². The molecule has 90 valence electrons. The first-order valence-electron chi connectivity index (χ1n) is 5.23. The van der Waals surface area contributed by atoms with Gasteiger partial charge in [0.1, 0.15) is 5.75 Å². The van der Waals surface area contributed by atoms with Crippen LogP contribution in [0.25, 0.3) is 0 Å². The minimum atomic E-state index is -0.519. The molecule has 0 amide bonds. The molecule has 0 aliphatic carbocycles. The van der Waals surface area contributed by atoms with E-state index >= 15 is 0 Å². The molecule has 0 fully saturated rings. The van der Waals surface area contributed by atoms with Crippen LogP contribution >= 0.6 is 27.3 Å². The third-order valence-corrected chi connectivity index (χ3v) is 4.03. The van der Waals surface area contributed by atoms with Crippen LogP contribution in [-0.4, -0.2) is 12.2 Å². The maximum atomic E-state index is 10.2. The third-order valence-electron chi connectivity index (χ3n) is 2.57. The van der Waals surface area contributed by atoms with Gasteiger partial charge in [0.05, 0.1) is 13.2 Å². The number of thiophene rings is 1. The molecule has 1 N–H and O–H groups in total. The molecular weight excluding hydrogens is 300 g/mol. The monoisotopic (exact) mass is 312 g/mol. The van der Waals surface area contributed by atoms with Gasteiger partial charge in [-0.3, -0.25) is 0 Å². The van der Waals surface area contributed by atoms with Crippen molar-refractivity contribution in [3.05, 3.63) is 50.6 Å². The molecule has 1 atom stereocenters. The van der Waals surface area contributed by atoms with Crippen LogP contribution < -0.4 is 4.74 Å². The quantitative estimate of drug-likeness (QED) is 0.930. The molecule has 2 rings (SSSR count). The molecule has 0 bridgehead atoms. The van der Waals surface area contributed by atoms with Crippen molar-refractivity contribution in [2.75, 3.05) is 7.11 Å². The van der Waals surface area contributed by atoms with Crippen molar-refractivity contribution in [1.82, 2.24) is 0 Å².